The van der Waals surface area contributed by atoms with Gasteiger partial charge in [-0.25, -0.2) is 9.97 Å². The summed E-state index contributed by atoms with van der Waals surface area (Å²) < 4.78 is 6.33. The second-order valence-electron chi connectivity index (χ2n) is 12.9. The highest BCUT2D eigenvalue weighted by Gasteiger charge is 2.19. The largest absolute Gasteiger partial charge is 0.452 e. The molecule has 0 atom stereocenters. The number of rotatable bonds is 5. The lowest BCUT2D eigenvalue weighted by molar-refractivity contribution is 0.667. The summed E-state index contributed by atoms with van der Waals surface area (Å²) in [5.74, 6) is 0.931. The highest BCUT2D eigenvalue weighted by molar-refractivity contribution is 6.09. The Balaban J connectivity index is 1.19. The standard InChI is InChI=1S/C44H32N4O/c1-26(2)37-25-36(34-22-21-29-20-19-27(3)45-39(29)41(34)46-37)32-15-9-13-30(23-32)31-14-10-16-33(24-31)44-47-40(28-11-5-4-6-12-28)43-42(48-44)35-17-7-8-18-38(35)49-43/h4-26H,1-3H3. The summed E-state index contributed by atoms with van der Waals surface area (Å²) >= 11 is 0. The van der Waals surface area contributed by atoms with Crippen molar-refractivity contribution in [1.82, 2.24) is 19.9 Å². The topological polar surface area (TPSA) is 64.7 Å². The van der Waals surface area contributed by atoms with Crippen molar-refractivity contribution in [1.29, 1.82) is 0 Å². The van der Waals surface area contributed by atoms with Gasteiger partial charge in [0.1, 0.15) is 16.8 Å². The van der Waals surface area contributed by atoms with Gasteiger partial charge in [-0.05, 0) is 71.5 Å². The Labute approximate surface area is 284 Å². The number of fused-ring (bicyclic) bond motifs is 6. The molecule has 9 aromatic rings. The van der Waals surface area contributed by atoms with Crippen molar-refractivity contribution in [2.75, 3.05) is 0 Å². The fourth-order valence-corrected chi connectivity index (χ4v) is 6.74. The molecule has 5 nitrogen and oxygen atoms in total. The van der Waals surface area contributed by atoms with Gasteiger partial charge in [-0.1, -0.05) is 111 Å². The smallest absolute Gasteiger partial charge is 0.180 e. The van der Waals surface area contributed by atoms with E-state index in [2.05, 4.69) is 111 Å². The molecule has 9 rings (SSSR count). The van der Waals surface area contributed by atoms with Crippen molar-refractivity contribution >= 4 is 43.9 Å². The molecule has 0 N–H and O–H groups in total. The molecule has 0 aliphatic heterocycles. The number of hydrogen-bond donors (Lipinski definition) is 0. The van der Waals surface area contributed by atoms with Crippen LogP contribution >= 0.6 is 0 Å². The number of aryl methyl sites for hydroxylation is 1. The molecule has 0 radical (unpaired) electrons. The Hall–Kier alpha value is -6.20. The van der Waals surface area contributed by atoms with Crippen LogP contribution in [-0.2, 0) is 0 Å². The van der Waals surface area contributed by atoms with Crippen LogP contribution in [0.5, 0.6) is 0 Å². The normalized spacial score (nSPS) is 11.8. The van der Waals surface area contributed by atoms with E-state index in [4.69, 9.17) is 24.4 Å². The average Bonchev–Trinajstić information content (AvgIpc) is 3.53. The van der Waals surface area contributed by atoms with Crippen molar-refractivity contribution < 1.29 is 4.42 Å². The van der Waals surface area contributed by atoms with Gasteiger partial charge in [0.25, 0.3) is 0 Å². The van der Waals surface area contributed by atoms with Crippen LogP contribution in [0.3, 0.4) is 0 Å². The number of benzene rings is 5. The Morgan fingerprint density at radius 3 is 2.02 bits per heavy atom. The predicted octanol–water partition coefficient (Wildman–Crippen LogP) is 11.6. The summed E-state index contributed by atoms with van der Waals surface area (Å²) in [5, 5.41) is 3.18. The predicted molar refractivity (Wildman–Crippen MR) is 200 cm³/mol. The molecule has 5 heteroatoms. The first-order chi connectivity index (χ1) is 24.0. The second kappa shape index (κ2) is 11.5. The number of hydrogen-bond acceptors (Lipinski definition) is 5. The Morgan fingerprint density at radius 1 is 0.510 bits per heavy atom. The molecule has 0 aliphatic carbocycles. The van der Waals surface area contributed by atoms with Gasteiger partial charge in [-0.3, -0.25) is 9.97 Å². The van der Waals surface area contributed by atoms with E-state index < -0.39 is 0 Å². The van der Waals surface area contributed by atoms with Crippen molar-refractivity contribution in [3.63, 3.8) is 0 Å². The minimum Gasteiger partial charge on any atom is -0.452 e. The Kier molecular flexibility index (Phi) is 6.80. The van der Waals surface area contributed by atoms with Crippen molar-refractivity contribution in [2.24, 2.45) is 0 Å². The number of para-hydroxylation sites is 1. The number of furan rings is 1. The third kappa shape index (κ3) is 5.02. The highest BCUT2D eigenvalue weighted by Crippen LogP contribution is 2.38. The molecule has 5 aromatic carbocycles. The van der Waals surface area contributed by atoms with Crippen LogP contribution in [-0.4, -0.2) is 19.9 Å². The Bertz CT molecular complexity index is 2710. The highest BCUT2D eigenvalue weighted by atomic mass is 16.3. The lowest BCUT2D eigenvalue weighted by Gasteiger charge is -2.15. The van der Waals surface area contributed by atoms with Gasteiger partial charge in [-0.15, -0.1) is 0 Å². The maximum Gasteiger partial charge on any atom is 0.180 e. The first-order valence-electron chi connectivity index (χ1n) is 16.7. The Morgan fingerprint density at radius 2 is 1.20 bits per heavy atom. The van der Waals surface area contributed by atoms with Gasteiger partial charge >= 0.3 is 0 Å². The summed E-state index contributed by atoms with van der Waals surface area (Å²) in [7, 11) is 0. The van der Waals surface area contributed by atoms with Gasteiger partial charge in [0.2, 0.25) is 0 Å². The van der Waals surface area contributed by atoms with E-state index in [9.17, 15) is 0 Å². The second-order valence-corrected chi connectivity index (χ2v) is 12.9. The average molecular weight is 633 g/mol. The molecule has 234 valence electrons. The van der Waals surface area contributed by atoms with Crippen LogP contribution < -0.4 is 0 Å². The van der Waals surface area contributed by atoms with Gasteiger partial charge in [-0.2, -0.15) is 0 Å². The summed E-state index contributed by atoms with van der Waals surface area (Å²) in [6.07, 6.45) is 0. The number of aromatic nitrogens is 4. The fourth-order valence-electron chi connectivity index (χ4n) is 6.74. The summed E-state index contributed by atoms with van der Waals surface area (Å²) in [4.78, 5) is 20.3. The molecule has 49 heavy (non-hydrogen) atoms. The molecule has 0 amide bonds. The molecule has 4 aromatic heterocycles. The van der Waals surface area contributed by atoms with Crippen LogP contribution in [0.25, 0.3) is 88.8 Å². The molecule has 0 fully saturated rings. The summed E-state index contributed by atoms with van der Waals surface area (Å²) in [5.41, 5.74) is 13.5. The van der Waals surface area contributed by atoms with E-state index in [0.29, 0.717) is 11.4 Å². The lowest BCUT2D eigenvalue weighted by Crippen LogP contribution is -1.97. The van der Waals surface area contributed by atoms with Crippen LogP contribution in [0.4, 0.5) is 0 Å². The van der Waals surface area contributed by atoms with E-state index in [-0.39, 0.29) is 5.92 Å². The van der Waals surface area contributed by atoms with E-state index >= 15 is 0 Å². The first-order valence-corrected chi connectivity index (χ1v) is 16.7. The number of pyridine rings is 2. The quantitative estimate of drug-likeness (QED) is 0.177. The maximum absolute atomic E-state index is 6.33. The van der Waals surface area contributed by atoms with Gasteiger partial charge in [0.15, 0.2) is 11.4 Å². The molecule has 0 bridgehead atoms. The van der Waals surface area contributed by atoms with Gasteiger partial charge < -0.3 is 4.42 Å². The molecule has 0 spiro atoms. The van der Waals surface area contributed by atoms with Crippen molar-refractivity contribution in [2.45, 2.75) is 26.7 Å². The molecule has 0 unspecified atom stereocenters. The summed E-state index contributed by atoms with van der Waals surface area (Å²) in [6.45, 7) is 6.42. The zero-order chi connectivity index (χ0) is 33.1. The van der Waals surface area contributed by atoms with E-state index in [0.717, 1.165) is 88.8 Å². The molecule has 0 aliphatic rings. The van der Waals surface area contributed by atoms with Crippen molar-refractivity contribution in [3.05, 3.63) is 145 Å². The third-order valence-electron chi connectivity index (χ3n) is 9.28. The zero-order valence-electron chi connectivity index (χ0n) is 27.5. The molecular formula is C44H32N4O. The monoisotopic (exact) mass is 632 g/mol. The van der Waals surface area contributed by atoms with E-state index in [1.165, 1.54) is 0 Å². The van der Waals surface area contributed by atoms with Crippen molar-refractivity contribution in [3.8, 4) is 44.9 Å². The van der Waals surface area contributed by atoms with Gasteiger partial charge in [0.05, 0.1) is 11.0 Å². The van der Waals surface area contributed by atoms with Gasteiger partial charge in [0, 0.05) is 38.7 Å². The minimum absolute atomic E-state index is 0.272. The van der Waals surface area contributed by atoms with Crippen LogP contribution in [0.2, 0.25) is 0 Å². The SMILES string of the molecule is Cc1ccc2ccc3c(-c4cccc(-c5cccc(-c6nc(-c7ccccc7)c7oc8ccccc8c7n6)c5)c4)cc(C(C)C)nc3c2n1. The summed E-state index contributed by atoms with van der Waals surface area (Å²) in [6, 6.07) is 46.3. The van der Waals surface area contributed by atoms with E-state index in [1.807, 2.05) is 43.3 Å². The van der Waals surface area contributed by atoms with Crippen LogP contribution in [0.15, 0.2) is 138 Å². The maximum atomic E-state index is 6.33. The molecule has 0 saturated heterocycles. The molecular weight excluding hydrogens is 601 g/mol. The third-order valence-corrected chi connectivity index (χ3v) is 9.28. The lowest BCUT2D eigenvalue weighted by atomic mass is 9.93. The molecule has 0 saturated carbocycles. The molecule has 4 heterocycles. The fraction of sp³-hybridized carbons (Fsp3) is 0.0909. The minimum atomic E-state index is 0.272. The van der Waals surface area contributed by atoms with Crippen LogP contribution in [0, 0.1) is 6.92 Å². The zero-order valence-corrected chi connectivity index (χ0v) is 27.5. The first kappa shape index (κ1) is 29.0. The number of nitrogens with zero attached hydrogens (tertiary/aromatic N) is 4. The van der Waals surface area contributed by atoms with E-state index in [1.54, 1.807) is 0 Å². The van der Waals surface area contributed by atoms with Crippen LogP contribution in [0.1, 0.15) is 31.2 Å².